The Morgan fingerprint density at radius 2 is 2.05 bits per heavy atom. The minimum Gasteiger partial charge on any atom is -0.381 e. The quantitative estimate of drug-likeness (QED) is 0.783. The fourth-order valence-electron chi connectivity index (χ4n) is 4.00. The topological polar surface area (TPSA) is 41.6 Å². The van der Waals surface area contributed by atoms with Crippen molar-refractivity contribution >= 4 is 5.91 Å². The van der Waals surface area contributed by atoms with Gasteiger partial charge in [0.2, 0.25) is 5.91 Å². The number of carbonyl (C=O) groups excluding carboxylic acids is 1. The lowest BCUT2D eigenvalue weighted by Gasteiger charge is -2.51. The molecule has 19 heavy (non-hydrogen) atoms. The summed E-state index contributed by atoms with van der Waals surface area (Å²) >= 11 is 0. The fourth-order valence-corrected chi connectivity index (χ4v) is 4.00. The van der Waals surface area contributed by atoms with Crippen LogP contribution in [0, 0.1) is 5.92 Å². The van der Waals surface area contributed by atoms with Crippen LogP contribution >= 0.6 is 0 Å². The van der Waals surface area contributed by atoms with Crippen LogP contribution in [0.2, 0.25) is 0 Å². The number of hydrogen-bond acceptors (Lipinski definition) is 3. The zero-order valence-corrected chi connectivity index (χ0v) is 11.8. The summed E-state index contributed by atoms with van der Waals surface area (Å²) in [6, 6.07) is 0. The molecule has 1 N–H and O–H groups in total. The highest BCUT2D eigenvalue weighted by Crippen LogP contribution is 2.36. The maximum Gasteiger partial charge on any atom is 0.228 e. The van der Waals surface area contributed by atoms with Gasteiger partial charge in [-0.3, -0.25) is 4.79 Å². The van der Waals surface area contributed by atoms with E-state index in [1.165, 1.54) is 32.1 Å². The van der Waals surface area contributed by atoms with Crippen LogP contribution in [0.1, 0.15) is 44.9 Å². The first kappa shape index (κ1) is 13.4. The highest BCUT2D eigenvalue weighted by molar-refractivity contribution is 5.80. The number of nitrogens with zero attached hydrogens (tertiary/aromatic N) is 1. The molecule has 2 saturated heterocycles. The third kappa shape index (κ3) is 2.65. The molecule has 3 rings (SSSR count). The molecule has 4 heteroatoms. The molecular weight excluding hydrogens is 240 g/mol. The molecule has 1 saturated carbocycles. The summed E-state index contributed by atoms with van der Waals surface area (Å²) in [5.74, 6) is 0.480. The summed E-state index contributed by atoms with van der Waals surface area (Å²) in [5, 5.41) is 3.51. The predicted molar refractivity (Wildman–Crippen MR) is 73.9 cm³/mol. The number of nitrogens with one attached hydrogen (secondary N) is 1. The van der Waals surface area contributed by atoms with Gasteiger partial charge in [0.25, 0.3) is 0 Å². The number of rotatable bonds is 1. The van der Waals surface area contributed by atoms with Gasteiger partial charge in [0, 0.05) is 26.2 Å². The zero-order valence-electron chi connectivity index (χ0n) is 11.8. The van der Waals surface area contributed by atoms with Gasteiger partial charge in [-0.05, 0) is 25.7 Å². The van der Waals surface area contributed by atoms with E-state index in [0.29, 0.717) is 12.5 Å². The number of hydrogen-bond donors (Lipinski definition) is 1. The van der Waals surface area contributed by atoms with Crippen molar-refractivity contribution in [2.75, 3.05) is 32.8 Å². The van der Waals surface area contributed by atoms with Crippen molar-refractivity contribution in [2.24, 2.45) is 5.92 Å². The van der Waals surface area contributed by atoms with Gasteiger partial charge in [-0.1, -0.05) is 19.3 Å². The van der Waals surface area contributed by atoms with E-state index in [2.05, 4.69) is 10.2 Å². The monoisotopic (exact) mass is 266 g/mol. The molecule has 1 amide bonds. The molecule has 0 aromatic heterocycles. The molecule has 1 spiro atoms. The first-order chi connectivity index (χ1) is 9.32. The third-order valence-corrected chi connectivity index (χ3v) is 5.10. The molecule has 0 bridgehead atoms. The maximum atomic E-state index is 12.8. The lowest BCUT2D eigenvalue weighted by Crippen LogP contribution is -2.65. The van der Waals surface area contributed by atoms with Crippen molar-refractivity contribution in [3.63, 3.8) is 0 Å². The predicted octanol–water partition coefficient (Wildman–Crippen LogP) is 1.55. The Balaban J connectivity index is 1.73. The average Bonchev–Trinajstić information content (AvgIpc) is 2.49. The average molecular weight is 266 g/mol. The van der Waals surface area contributed by atoms with Gasteiger partial charge in [-0.25, -0.2) is 0 Å². The van der Waals surface area contributed by atoms with E-state index in [0.717, 1.165) is 39.1 Å². The molecule has 108 valence electrons. The van der Waals surface area contributed by atoms with E-state index in [1.807, 2.05) is 0 Å². The largest absolute Gasteiger partial charge is 0.381 e. The Bertz CT molecular complexity index is 312. The minimum absolute atomic E-state index is 0.116. The number of carbonyl (C=O) groups is 1. The highest BCUT2D eigenvalue weighted by Gasteiger charge is 2.43. The summed E-state index contributed by atoms with van der Waals surface area (Å²) in [5.41, 5.74) is 0.116. The summed E-state index contributed by atoms with van der Waals surface area (Å²) < 4.78 is 5.51. The number of piperazine rings is 1. The normalized spacial score (nSPS) is 31.4. The molecule has 1 aliphatic carbocycles. The molecule has 1 atom stereocenters. The maximum absolute atomic E-state index is 12.8. The highest BCUT2D eigenvalue weighted by atomic mass is 16.5. The molecule has 3 aliphatic rings. The molecule has 0 aromatic carbocycles. The third-order valence-electron chi connectivity index (χ3n) is 5.10. The standard InChI is InChI=1S/C15H26N2O2/c18-14(13-5-4-10-19-11-13)17-9-8-16-12-15(17)6-2-1-3-7-15/h13,16H,1-12H2. The first-order valence-electron chi connectivity index (χ1n) is 7.92. The van der Waals surface area contributed by atoms with Gasteiger partial charge in [-0.15, -0.1) is 0 Å². The molecule has 4 nitrogen and oxygen atoms in total. The van der Waals surface area contributed by atoms with Crippen molar-refractivity contribution in [1.29, 1.82) is 0 Å². The van der Waals surface area contributed by atoms with Gasteiger partial charge in [0.15, 0.2) is 0 Å². The van der Waals surface area contributed by atoms with Gasteiger partial charge in [-0.2, -0.15) is 0 Å². The first-order valence-corrected chi connectivity index (χ1v) is 7.92. The SMILES string of the molecule is O=C(C1CCCOC1)N1CCNCC12CCCCC2. The molecular formula is C15H26N2O2. The summed E-state index contributed by atoms with van der Waals surface area (Å²) in [7, 11) is 0. The Morgan fingerprint density at radius 1 is 1.21 bits per heavy atom. The molecule has 0 aromatic rings. The number of amides is 1. The molecule has 2 aliphatic heterocycles. The second kappa shape index (κ2) is 5.80. The van der Waals surface area contributed by atoms with Crippen LogP contribution in [0.15, 0.2) is 0 Å². The van der Waals surface area contributed by atoms with Crippen molar-refractivity contribution in [2.45, 2.75) is 50.5 Å². The molecule has 0 radical (unpaired) electrons. The Morgan fingerprint density at radius 3 is 2.79 bits per heavy atom. The smallest absolute Gasteiger partial charge is 0.228 e. The van der Waals surface area contributed by atoms with Crippen LogP contribution in [0.5, 0.6) is 0 Å². The molecule has 1 unspecified atom stereocenters. The van der Waals surface area contributed by atoms with E-state index < -0.39 is 0 Å². The minimum atomic E-state index is 0.116. The van der Waals surface area contributed by atoms with Crippen LogP contribution in [0.3, 0.4) is 0 Å². The van der Waals surface area contributed by atoms with E-state index in [4.69, 9.17) is 4.74 Å². The van der Waals surface area contributed by atoms with E-state index in [9.17, 15) is 4.79 Å². The van der Waals surface area contributed by atoms with Crippen molar-refractivity contribution in [3.05, 3.63) is 0 Å². The van der Waals surface area contributed by atoms with Crippen molar-refractivity contribution < 1.29 is 9.53 Å². The van der Waals surface area contributed by atoms with Crippen LogP contribution in [0.25, 0.3) is 0 Å². The van der Waals surface area contributed by atoms with E-state index >= 15 is 0 Å². The molecule has 3 fully saturated rings. The number of ether oxygens (including phenoxy) is 1. The Kier molecular flexibility index (Phi) is 4.08. The molecule has 2 heterocycles. The van der Waals surface area contributed by atoms with Crippen LogP contribution < -0.4 is 5.32 Å². The van der Waals surface area contributed by atoms with E-state index in [1.54, 1.807) is 0 Å². The van der Waals surface area contributed by atoms with Gasteiger partial charge >= 0.3 is 0 Å². The Labute approximate surface area is 115 Å². The van der Waals surface area contributed by atoms with E-state index in [-0.39, 0.29) is 11.5 Å². The van der Waals surface area contributed by atoms with Crippen LogP contribution in [-0.2, 0) is 9.53 Å². The van der Waals surface area contributed by atoms with Crippen molar-refractivity contribution in [1.82, 2.24) is 10.2 Å². The second-order valence-electron chi connectivity index (χ2n) is 6.37. The van der Waals surface area contributed by atoms with Crippen molar-refractivity contribution in [3.8, 4) is 0 Å². The van der Waals surface area contributed by atoms with Gasteiger partial charge in [0.1, 0.15) is 0 Å². The summed E-state index contributed by atoms with van der Waals surface area (Å²) in [6.45, 7) is 4.29. The second-order valence-corrected chi connectivity index (χ2v) is 6.37. The lowest BCUT2D eigenvalue weighted by molar-refractivity contribution is -0.149. The van der Waals surface area contributed by atoms with Gasteiger partial charge in [0.05, 0.1) is 18.1 Å². The van der Waals surface area contributed by atoms with Crippen LogP contribution in [0.4, 0.5) is 0 Å². The zero-order chi connectivity index (χ0) is 13.1. The summed E-state index contributed by atoms with van der Waals surface area (Å²) in [4.78, 5) is 15.1. The lowest BCUT2D eigenvalue weighted by atomic mass is 9.78. The van der Waals surface area contributed by atoms with Gasteiger partial charge < -0.3 is 15.0 Å². The fraction of sp³-hybridized carbons (Fsp3) is 0.933. The van der Waals surface area contributed by atoms with Crippen LogP contribution in [-0.4, -0.2) is 49.2 Å². The summed E-state index contributed by atoms with van der Waals surface area (Å²) in [6.07, 6.45) is 8.28. The Hall–Kier alpha value is -0.610.